The molecular weight excluding hydrogens is 499 g/mol. The molecule has 0 N–H and O–H groups in total. The maximum atomic E-state index is 13.5. The molecule has 39 heavy (non-hydrogen) atoms. The highest BCUT2D eigenvalue weighted by Crippen LogP contribution is 2.41. The lowest BCUT2D eigenvalue weighted by atomic mass is 9.83. The number of anilines is 2. The van der Waals surface area contributed by atoms with Gasteiger partial charge in [-0.2, -0.15) is 18.2 Å². The number of nitrogens with zero attached hydrogens (tertiary/aromatic N) is 5. The van der Waals surface area contributed by atoms with E-state index in [1.54, 1.807) is 30.6 Å². The molecule has 0 fully saturated rings. The SMILES string of the molecule is CC.CCCc1ccc2c(N(C)c3cccc(-c4ccc(C(C)(C)C(F)(F)F)cc4)c3)nc3nncn3c2c1. The minimum atomic E-state index is -4.32. The molecule has 204 valence electrons. The van der Waals surface area contributed by atoms with Gasteiger partial charge in [0.2, 0.25) is 0 Å². The summed E-state index contributed by atoms with van der Waals surface area (Å²) in [5, 5.41) is 9.21. The highest BCUT2D eigenvalue weighted by atomic mass is 19.4. The molecule has 5 rings (SSSR count). The molecule has 0 radical (unpaired) electrons. The zero-order valence-electron chi connectivity index (χ0n) is 23.2. The second-order valence-corrected chi connectivity index (χ2v) is 9.85. The van der Waals surface area contributed by atoms with Crippen molar-refractivity contribution in [3.63, 3.8) is 0 Å². The quantitative estimate of drug-likeness (QED) is 0.219. The Morgan fingerprint density at radius 1 is 0.897 bits per heavy atom. The van der Waals surface area contributed by atoms with E-state index in [0.29, 0.717) is 5.78 Å². The number of hydrogen-bond acceptors (Lipinski definition) is 4. The minimum absolute atomic E-state index is 0.233. The van der Waals surface area contributed by atoms with E-state index in [0.717, 1.165) is 46.4 Å². The number of hydrogen-bond donors (Lipinski definition) is 0. The summed E-state index contributed by atoms with van der Waals surface area (Å²) < 4.78 is 42.3. The topological polar surface area (TPSA) is 46.3 Å². The van der Waals surface area contributed by atoms with Gasteiger partial charge in [0.25, 0.3) is 5.78 Å². The molecular formula is C31H34F3N5. The van der Waals surface area contributed by atoms with Gasteiger partial charge in [0.1, 0.15) is 12.1 Å². The predicted molar refractivity (Wildman–Crippen MR) is 153 cm³/mol. The number of alkyl halides is 3. The van der Waals surface area contributed by atoms with E-state index in [1.807, 2.05) is 54.5 Å². The third-order valence-electron chi connectivity index (χ3n) is 7.04. The molecule has 0 aliphatic rings. The third kappa shape index (κ3) is 5.33. The number of halogens is 3. The summed E-state index contributed by atoms with van der Waals surface area (Å²) in [5.74, 6) is 1.26. The second kappa shape index (κ2) is 11.0. The summed E-state index contributed by atoms with van der Waals surface area (Å²) in [5.41, 5.74) is 3.18. The number of rotatable bonds is 6. The maximum Gasteiger partial charge on any atom is 0.397 e. The highest BCUT2D eigenvalue weighted by Gasteiger charge is 2.48. The molecule has 2 aromatic heterocycles. The lowest BCUT2D eigenvalue weighted by molar-refractivity contribution is -0.180. The normalized spacial score (nSPS) is 11.9. The Kier molecular flexibility index (Phi) is 7.95. The van der Waals surface area contributed by atoms with Gasteiger partial charge in [0, 0.05) is 18.1 Å². The molecule has 5 aromatic rings. The van der Waals surface area contributed by atoms with Crippen LogP contribution in [-0.4, -0.2) is 32.8 Å². The molecule has 0 aliphatic heterocycles. The Morgan fingerprint density at radius 3 is 2.28 bits per heavy atom. The molecule has 3 aromatic carbocycles. The van der Waals surface area contributed by atoms with Gasteiger partial charge in [-0.25, -0.2) is 0 Å². The van der Waals surface area contributed by atoms with Crippen molar-refractivity contribution in [2.75, 3.05) is 11.9 Å². The van der Waals surface area contributed by atoms with Crippen molar-refractivity contribution in [1.82, 2.24) is 19.6 Å². The van der Waals surface area contributed by atoms with E-state index >= 15 is 0 Å². The predicted octanol–water partition coefficient (Wildman–Crippen LogP) is 8.53. The third-order valence-corrected chi connectivity index (χ3v) is 7.04. The van der Waals surface area contributed by atoms with Crippen molar-refractivity contribution >= 4 is 28.2 Å². The molecule has 0 saturated carbocycles. The lowest BCUT2D eigenvalue weighted by Crippen LogP contribution is -2.36. The molecule has 0 saturated heterocycles. The van der Waals surface area contributed by atoms with Crippen molar-refractivity contribution in [3.05, 3.63) is 84.2 Å². The van der Waals surface area contributed by atoms with Crippen LogP contribution in [0.5, 0.6) is 0 Å². The first-order valence-electron chi connectivity index (χ1n) is 13.2. The van der Waals surface area contributed by atoms with Gasteiger partial charge in [-0.05, 0) is 66.8 Å². The first kappa shape index (κ1) is 28.1. The van der Waals surface area contributed by atoms with Crippen molar-refractivity contribution in [1.29, 1.82) is 0 Å². The second-order valence-electron chi connectivity index (χ2n) is 9.85. The van der Waals surface area contributed by atoms with Crippen LogP contribution in [0.2, 0.25) is 0 Å². The van der Waals surface area contributed by atoms with E-state index in [1.165, 1.54) is 19.4 Å². The van der Waals surface area contributed by atoms with E-state index in [2.05, 4.69) is 35.3 Å². The van der Waals surface area contributed by atoms with Crippen LogP contribution in [0.1, 0.15) is 52.2 Å². The molecule has 5 nitrogen and oxygen atoms in total. The Morgan fingerprint density at radius 2 is 1.62 bits per heavy atom. The molecule has 0 atom stereocenters. The van der Waals surface area contributed by atoms with Crippen LogP contribution < -0.4 is 4.90 Å². The van der Waals surface area contributed by atoms with Crippen molar-refractivity contribution < 1.29 is 13.2 Å². The summed E-state index contributed by atoms with van der Waals surface area (Å²) in [7, 11) is 1.95. The van der Waals surface area contributed by atoms with Crippen LogP contribution in [0.25, 0.3) is 27.8 Å². The average molecular weight is 534 g/mol. The van der Waals surface area contributed by atoms with Crippen LogP contribution in [0.4, 0.5) is 24.7 Å². The Balaban J connectivity index is 0.00000172. The van der Waals surface area contributed by atoms with E-state index in [4.69, 9.17) is 4.98 Å². The number of aromatic nitrogens is 4. The molecule has 0 spiro atoms. The summed E-state index contributed by atoms with van der Waals surface area (Å²) in [6.07, 6.45) is -0.617. The first-order valence-corrected chi connectivity index (χ1v) is 13.2. The summed E-state index contributed by atoms with van der Waals surface area (Å²) in [4.78, 5) is 6.79. The Labute approximate surface area is 227 Å². The molecule has 0 bridgehead atoms. The zero-order valence-corrected chi connectivity index (χ0v) is 23.2. The van der Waals surface area contributed by atoms with Gasteiger partial charge >= 0.3 is 6.18 Å². The maximum absolute atomic E-state index is 13.5. The van der Waals surface area contributed by atoms with Gasteiger partial charge in [-0.3, -0.25) is 4.40 Å². The largest absolute Gasteiger partial charge is 0.397 e. The fraction of sp³-hybridized carbons (Fsp3) is 0.323. The molecule has 0 amide bonds. The number of aryl methyl sites for hydroxylation is 1. The van der Waals surface area contributed by atoms with Crippen LogP contribution in [0, 0.1) is 0 Å². The fourth-order valence-electron chi connectivity index (χ4n) is 4.55. The van der Waals surface area contributed by atoms with E-state index in [9.17, 15) is 13.2 Å². The van der Waals surface area contributed by atoms with Gasteiger partial charge in [-0.15, -0.1) is 10.2 Å². The summed E-state index contributed by atoms with van der Waals surface area (Å²) in [6, 6.07) is 20.9. The van der Waals surface area contributed by atoms with Gasteiger partial charge in [0.05, 0.1) is 10.9 Å². The van der Waals surface area contributed by atoms with Crippen molar-refractivity contribution in [2.45, 2.75) is 59.1 Å². The monoisotopic (exact) mass is 533 g/mol. The van der Waals surface area contributed by atoms with Crippen molar-refractivity contribution in [3.8, 4) is 11.1 Å². The summed E-state index contributed by atoms with van der Waals surface area (Å²) >= 11 is 0. The molecule has 8 heteroatoms. The Bertz CT molecular complexity index is 1570. The van der Waals surface area contributed by atoms with Crippen LogP contribution in [-0.2, 0) is 11.8 Å². The van der Waals surface area contributed by atoms with Crippen molar-refractivity contribution in [2.24, 2.45) is 0 Å². The van der Waals surface area contributed by atoms with E-state index < -0.39 is 11.6 Å². The molecule has 0 aliphatic carbocycles. The van der Waals surface area contributed by atoms with Gasteiger partial charge in [0.15, 0.2) is 0 Å². The minimum Gasteiger partial charge on any atom is -0.329 e. The highest BCUT2D eigenvalue weighted by molar-refractivity contribution is 5.94. The zero-order chi connectivity index (χ0) is 28.4. The fourth-order valence-corrected chi connectivity index (χ4v) is 4.55. The van der Waals surface area contributed by atoms with E-state index in [-0.39, 0.29) is 5.56 Å². The molecule has 0 unspecified atom stereocenters. The Hall–Kier alpha value is -3.94. The smallest absolute Gasteiger partial charge is 0.329 e. The van der Waals surface area contributed by atoms with Crippen LogP contribution in [0.3, 0.4) is 0 Å². The van der Waals surface area contributed by atoms with Crippen LogP contribution in [0.15, 0.2) is 73.1 Å². The van der Waals surface area contributed by atoms with Gasteiger partial charge < -0.3 is 4.90 Å². The molecule has 2 heterocycles. The number of benzene rings is 3. The van der Waals surface area contributed by atoms with Crippen LogP contribution >= 0.6 is 0 Å². The summed E-state index contributed by atoms with van der Waals surface area (Å²) in [6.45, 7) is 8.56. The standard InChI is InChI=1S/C29H28F3N5.C2H6/c1-5-7-19-10-15-24-25(16-19)37-18-33-35-27(37)34-26(24)36(4)23-9-6-8-21(17-23)20-11-13-22(14-12-20)28(2,3)29(30,31)32;1-2/h6,8-18H,5,7H2,1-4H3;1-2H3. The first-order chi connectivity index (χ1) is 18.6. The number of fused-ring (bicyclic) bond motifs is 3. The average Bonchev–Trinajstić information content (AvgIpc) is 3.42. The lowest BCUT2D eigenvalue weighted by Gasteiger charge is -2.28. The van der Waals surface area contributed by atoms with Gasteiger partial charge in [-0.1, -0.05) is 69.7 Å².